The smallest absolute Gasteiger partial charge is 0.262 e. The number of hydrogen-bond donors (Lipinski definition) is 3. The molecule has 0 atom stereocenters. The Bertz CT molecular complexity index is 1210. The van der Waals surface area contributed by atoms with Crippen molar-refractivity contribution in [1.29, 1.82) is 5.26 Å². The highest BCUT2D eigenvalue weighted by Gasteiger charge is 2.13. The van der Waals surface area contributed by atoms with Crippen molar-refractivity contribution in [1.82, 2.24) is 15.3 Å². The minimum atomic E-state index is -3.45. The van der Waals surface area contributed by atoms with E-state index in [2.05, 4.69) is 20.0 Å². The predicted molar refractivity (Wildman–Crippen MR) is 106 cm³/mol. The summed E-state index contributed by atoms with van der Waals surface area (Å²) >= 11 is 0. The monoisotopic (exact) mass is 395 g/mol. The lowest BCUT2D eigenvalue weighted by Gasteiger charge is -2.11. The molecule has 3 aromatic rings. The second-order valence-corrected chi connectivity index (χ2v) is 7.78. The van der Waals surface area contributed by atoms with Crippen molar-refractivity contribution in [2.24, 2.45) is 0 Å². The Morgan fingerprint density at radius 2 is 2.07 bits per heavy atom. The number of amides is 1. The average Bonchev–Trinajstić information content (AvgIpc) is 3.07. The lowest BCUT2D eigenvalue weighted by atomic mass is 10.1. The number of carbonyl (C=O) groups is 1. The van der Waals surface area contributed by atoms with Crippen LogP contribution in [0.1, 0.15) is 11.1 Å². The van der Waals surface area contributed by atoms with Crippen LogP contribution in [0.15, 0.2) is 54.4 Å². The summed E-state index contributed by atoms with van der Waals surface area (Å²) in [6.45, 7) is 0.0615. The summed E-state index contributed by atoms with van der Waals surface area (Å²) in [6.07, 6.45) is 5.85. The Morgan fingerprint density at radius 3 is 2.82 bits per heavy atom. The van der Waals surface area contributed by atoms with Gasteiger partial charge in [0.2, 0.25) is 10.0 Å². The molecular weight excluding hydrogens is 378 g/mol. The Balaban J connectivity index is 1.78. The fraction of sp³-hybridized carbons (Fsp3) is 0.105. The van der Waals surface area contributed by atoms with E-state index < -0.39 is 15.9 Å². The first-order valence-corrected chi connectivity index (χ1v) is 10.1. The summed E-state index contributed by atoms with van der Waals surface area (Å²) in [4.78, 5) is 19.6. The van der Waals surface area contributed by atoms with Gasteiger partial charge in [0, 0.05) is 29.9 Å². The number of para-hydroxylation sites is 1. The highest BCUT2D eigenvalue weighted by Crippen LogP contribution is 2.19. The van der Waals surface area contributed by atoms with E-state index in [0.29, 0.717) is 22.5 Å². The van der Waals surface area contributed by atoms with E-state index in [1.54, 1.807) is 42.7 Å². The number of rotatable bonds is 6. The maximum absolute atomic E-state index is 12.4. The molecule has 1 amide bonds. The van der Waals surface area contributed by atoms with Crippen LogP contribution in [-0.4, -0.2) is 30.5 Å². The molecule has 2 aromatic heterocycles. The minimum Gasteiger partial charge on any atom is -0.347 e. The first-order chi connectivity index (χ1) is 13.4. The third-order valence-corrected chi connectivity index (χ3v) is 4.49. The Morgan fingerprint density at radius 1 is 1.29 bits per heavy atom. The van der Waals surface area contributed by atoms with Crippen molar-refractivity contribution in [3.8, 4) is 6.07 Å². The topological polar surface area (TPSA) is 128 Å². The molecule has 2 heterocycles. The SMILES string of the molecule is CS(=O)(=O)Nc1ccccc1CNC(=O)/C(C#N)=C/c1c[nH]c2ncccc12. The summed E-state index contributed by atoms with van der Waals surface area (Å²) in [5.74, 6) is -0.560. The van der Waals surface area contributed by atoms with Crippen molar-refractivity contribution in [3.63, 3.8) is 0 Å². The van der Waals surface area contributed by atoms with Crippen LogP contribution in [0.25, 0.3) is 17.1 Å². The van der Waals surface area contributed by atoms with Gasteiger partial charge in [-0.3, -0.25) is 9.52 Å². The van der Waals surface area contributed by atoms with Gasteiger partial charge in [0.1, 0.15) is 17.3 Å². The van der Waals surface area contributed by atoms with E-state index in [-0.39, 0.29) is 12.1 Å². The molecule has 0 bridgehead atoms. The van der Waals surface area contributed by atoms with Crippen LogP contribution >= 0.6 is 0 Å². The number of benzene rings is 1. The molecule has 0 aliphatic carbocycles. The molecule has 0 saturated heterocycles. The second-order valence-electron chi connectivity index (χ2n) is 6.03. The maximum Gasteiger partial charge on any atom is 0.262 e. The third-order valence-electron chi connectivity index (χ3n) is 3.90. The Labute approximate surface area is 162 Å². The van der Waals surface area contributed by atoms with Crippen LogP contribution in [0.5, 0.6) is 0 Å². The number of nitriles is 1. The maximum atomic E-state index is 12.4. The molecule has 142 valence electrons. The number of hydrogen-bond acceptors (Lipinski definition) is 5. The number of aromatic amines is 1. The number of carbonyl (C=O) groups excluding carboxylic acids is 1. The number of nitrogens with one attached hydrogen (secondary N) is 3. The summed E-state index contributed by atoms with van der Waals surface area (Å²) in [6, 6.07) is 12.2. The highest BCUT2D eigenvalue weighted by molar-refractivity contribution is 7.92. The van der Waals surface area contributed by atoms with Crippen molar-refractivity contribution < 1.29 is 13.2 Å². The molecular formula is C19H17N5O3S. The zero-order chi connectivity index (χ0) is 20.1. The largest absolute Gasteiger partial charge is 0.347 e. The molecule has 0 radical (unpaired) electrons. The molecule has 9 heteroatoms. The van der Waals surface area contributed by atoms with E-state index in [4.69, 9.17) is 0 Å². The quantitative estimate of drug-likeness (QED) is 0.435. The van der Waals surface area contributed by atoms with Gasteiger partial charge < -0.3 is 10.3 Å². The van der Waals surface area contributed by atoms with Crippen molar-refractivity contribution in [2.45, 2.75) is 6.54 Å². The third kappa shape index (κ3) is 4.55. The molecule has 3 rings (SSSR count). The Kier molecular flexibility index (Phi) is 5.42. The van der Waals surface area contributed by atoms with Crippen molar-refractivity contribution in [2.75, 3.05) is 11.0 Å². The minimum absolute atomic E-state index is 0.0615. The number of pyridine rings is 1. The highest BCUT2D eigenvalue weighted by atomic mass is 32.2. The van der Waals surface area contributed by atoms with Crippen molar-refractivity contribution in [3.05, 3.63) is 65.5 Å². The molecule has 0 aliphatic rings. The number of aromatic nitrogens is 2. The van der Waals surface area contributed by atoms with Crippen LogP contribution in [-0.2, 0) is 21.4 Å². The first kappa shape index (κ1) is 19.1. The van der Waals surface area contributed by atoms with Crippen LogP contribution in [0.2, 0.25) is 0 Å². The van der Waals surface area contributed by atoms with Gasteiger partial charge in [-0.05, 0) is 29.8 Å². The second kappa shape index (κ2) is 7.94. The lowest BCUT2D eigenvalue weighted by Crippen LogP contribution is -2.24. The van der Waals surface area contributed by atoms with E-state index >= 15 is 0 Å². The van der Waals surface area contributed by atoms with Gasteiger partial charge >= 0.3 is 0 Å². The number of nitrogens with zero attached hydrogens (tertiary/aromatic N) is 2. The van der Waals surface area contributed by atoms with Crippen LogP contribution in [0.4, 0.5) is 5.69 Å². The van der Waals surface area contributed by atoms with E-state index in [1.807, 2.05) is 12.1 Å². The van der Waals surface area contributed by atoms with Gasteiger partial charge in [-0.1, -0.05) is 18.2 Å². The van der Waals surface area contributed by atoms with Gasteiger partial charge in [-0.15, -0.1) is 0 Å². The molecule has 0 aliphatic heterocycles. The van der Waals surface area contributed by atoms with Crippen LogP contribution < -0.4 is 10.0 Å². The standard InChI is InChI=1S/C19H17N5O3S/c1-28(26,27)24-17-7-3-2-5-13(17)11-23-19(25)14(10-20)9-15-12-22-18-16(15)6-4-8-21-18/h2-9,12,24H,11H2,1H3,(H,21,22)(H,23,25)/b14-9+. The van der Waals surface area contributed by atoms with Crippen LogP contribution in [0.3, 0.4) is 0 Å². The molecule has 0 spiro atoms. The average molecular weight is 395 g/mol. The molecule has 28 heavy (non-hydrogen) atoms. The predicted octanol–water partition coefficient (Wildman–Crippen LogP) is 2.16. The normalized spacial score (nSPS) is 11.8. The summed E-state index contributed by atoms with van der Waals surface area (Å²) in [7, 11) is -3.45. The van der Waals surface area contributed by atoms with Gasteiger partial charge in [0.25, 0.3) is 5.91 Å². The lowest BCUT2D eigenvalue weighted by molar-refractivity contribution is -0.117. The van der Waals surface area contributed by atoms with E-state index in [1.165, 1.54) is 6.08 Å². The number of anilines is 1. The van der Waals surface area contributed by atoms with Gasteiger partial charge in [0.05, 0.1) is 11.9 Å². The number of sulfonamides is 1. The van der Waals surface area contributed by atoms with E-state index in [0.717, 1.165) is 11.6 Å². The summed E-state index contributed by atoms with van der Waals surface area (Å²) in [5, 5.41) is 12.8. The molecule has 1 aromatic carbocycles. The van der Waals surface area contributed by atoms with E-state index in [9.17, 15) is 18.5 Å². The number of H-pyrrole nitrogens is 1. The Hall–Kier alpha value is -3.64. The molecule has 8 nitrogen and oxygen atoms in total. The first-order valence-electron chi connectivity index (χ1n) is 8.25. The zero-order valence-corrected chi connectivity index (χ0v) is 15.7. The van der Waals surface area contributed by atoms with Gasteiger partial charge in [-0.2, -0.15) is 5.26 Å². The summed E-state index contributed by atoms with van der Waals surface area (Å²) < 4.78 is 25.3. The van der Waals surface area contributed by atoms with Gasteiger partial charge in [0.15, 0.2) is 0 Å². The number of fused-ring (bicyclic) bond motifs is 1. The zero-order valence-electron chi connectivity index (χ0n) is 14.9. The summed E-state index contributed by atoms with van der Waals surface area (Å²) in [5.41, 5.74) is 2.21. The van der Waals surface area contributed by atoms with Crippen molar-refractivity contribution >= 4 is 38.7 Å². The molecule has 0 saturated carbocycles. The van der Waals surface area contributed by atoms with Crippen LogP contribution in [0, 0.1) is 11.3 Å². The molecule has 3 N–H and O–H groups in total. The fourth-order valence-corrected chi connectivity index (χ4v) is 3.24. The molecule has 0 unspecified atom stereocenters. The van der Waals surface area contributed by atoms with Gasteiger partial charge in [-0.25, -0.2) is 13.4 Å². The molecule has 0 fully saturated rings. The fourth-order valence-electron chi connectivity index (χ4n) is 2.65.